The summed E-state index contributed by atoms with van der Waals surface area (Å²) < 4.78 is 57.2. The van der Waals surface area contributed by atoms with Crippen molar-refractivity contribution >= 4 is 11.6 Å². The van der Waals surface area contributed by atoms with Crippen LogP contribution >= 0.6 is 11.6 Å². The van der Waals surface area contributed by atoms with Gasteiger partial charge in [-0.1, -0.05) is 11.6 Å². The maximum Gasteiger partial charge on any atom is 0.416 e. The molecule has 1 heterocycles. The van der Waals surface area contributed by atoms with Crippen LogP contribution < -0.4 is 4.74 Å². The van der Waals surface area contributed by atoms with Gasteiger partial charge in [-0.05, 0) is 31.2 Å². The van der Waals surface area contributed by atoms with Crippen LogP contribution in [0.15, 0.2) is 30.5 Å². The summed E-state index contributed by atoms with van der Waals surface area (Å²) in [7, 11) is 0. The van der Waals surface area contributed by atoms with Crippen molar-refractivity contribution in [3.8, 4) is 5.75 Å². The second-order valence-corrected chi connectivity index (χ2v) is 4.69. The largest absolute Gasteiger partial charge is 0.487 e. The van der Waals surface area contributed by atoms with Gasteiger partial charge < -0.3 is 4.74 Å². The normalized spacial score (nSPS) is 11.5. The van der Waals surface area contributed by atoms with E-state index in [1.807, 2.05) is 0 Å². The molecule has 1 aromatic carbocycles. The molecule has 0 amide bonds. The van der Waals surface area contributed by atoms with Gasteiger partial charge >= 0.3 is 6.18 Å². The van der Waals surface area contributed by atoms with Crippen LogP contribution in [-0.4, -0.2) is 4.98 Å². The lowest BCUT2D eigenvalue weighted by atomic mass is 10.1. The Labute approximate surface area is 123 Å². The van der Waals surface area contributed by atoms with Crippen LogP contribution in [-0.2, 0) is 12.8 Å². The molecule has 0 fully saturated rings. The van der Waals surface area contributed by atoms with Crippen molar-refractivity contribution in [2.24, 2.45) is 0 Å². The van der Waals surface area contributed by atoms with Crippen molar-refractivity contribution in [2.75, 3.05) is 0 Å². The van der Waals surface area contributed by atoms with Crippen LogP contribution in [0.3, 0.4) is 0 Å². The molecule has 7 heteroatoms. The molecule has 0 radical (unpaired) electrons. The number of hydrogen-bond acceptors (Lipinski definition) is 2. The standard InChI is InChI=1S/C14H10ClF4NO/c1-8-2-3-9(6-20-8)21-7-10-11(14(17,18)19)4-5-12(16)13(10)15/h2-6H,7H2,1H3. The van der Waals surface area contributed by atoms with Gasteiger partial charge in [-0.3, -0.25) is 4.98 Å². The van der Waals surface area contributed by atoms with Gasteiger partial charge in [0.2, 0.25) is 0 Å². The van der Waals surface area contributed by atoms with Gasteiger partial charge in [-0.15, -0.1) is 0 Å². The fourth-order valence-corrected chi connectivity index (χ4v) is 1.91. The number of halogens is 5. The first-order valence-corrected chi connectivity index (χ1v) is 6.26. The molecule has 0 atom stereocenters. The monoisotopic (exact) mass is 319 g/mol. The summed E-state index contributed by atoms with van der Waals surface area (Å²) in [5.74, 6) is -0.653. The average Bonchev–Trinajstić information content (AvgIpc) is 2.41. The average molecular weight is 320 g/mol. The summed E-state index contributed by atoms with van der Waals surface area (Å²) in [4.78, 5) is 3.95. The first-order valence-electron chi connectivity index (χ1n) is 5.88. The van der Waals surface area contributed by atoms with Crippen molar-refractivity contribution in [1.29, 1.82) is 0 Å². The molecule has 21 heavy (non-hydrogen) atoms. The highest BCUT2D eigenvalue weighted by atomic mass is 35.5. The van der Waals surface area contributed by atoms with Crippen molar-refractivity contribution in [1.82, 2.24) is 4.98 Å². The quantitative estimate of drug-likeness (QED) is 0.760. The van der Waals surface area contributed by atoms with E-state index in [1.54, 1.807) is 19.1 Å². The number of hydrogen-bond donors (Lipinski definition) is 0. The minimum atomic E-state index is -4.64. The molecule has 0 aliphatic carbocycles. The van der Waals surface area contributed by atoms with Crippen LogP contribution in [0.1, 0.15) is 16.8 Å². The molecule has 0 saturated carbocycles. The molecule has 0 unspecified atom stereocenters. The highest BCUT2D eigenvalue weighted by Crippen LogP contribution is 2.36. The van der Waals surface area contributed by atoms with Crippen molar-refractivity contribution in [3.05, 3.63) is 58.1 Å². The van der Waals surface area contributed by atoms with Gasteiger partial charge in [0.15, 0.2) is 0 Å². The van der Waals surface area contributed by atoms with Gasteiger partial charge in [0.25, 0.3) is 0 Å². The van der Waals surface area contributed by atoms with Gasteiger partial charge in [-0.2, -0.15) is 13.2 Å². The molecular formula is C14H10ClF4NO. The summed E-state index contributed by atoms with van der Waals surface area (Å²) in [5.41, 5.74) is -0.721. The first-order chi connectivity index (χ1) is 9.79. The molecule has 1 aromatic heterocycles. The second kappa shape index (κ2) is 5.89. The van der Waals surface area contributed by atoms with E-state index in [0.717, 1.165) is 5.69 Å². The van der Waals surface area contributed by atoms with E-state index < -0.39 is 34.7 Å². The third-order valence-electron chi connectivity index (χ3n) is 2.77. The van der Waals surface area contributed by atoms with Gasteiger partial charge in [0, 0.05) is 11.3 Å². The summed E-state index contributed by atoms with van der Waals surface area (Å²) in [5, 5.41) is -0.593. The zero-order valence-corrected chi connectivity index (χ0v) is 11.6. The molecule has 0 aliphatic rings. The predicted octanol–water partition coefficient (Wildman–Crippen LogP) is 4.78. The van der Waals surface area contributed by atoms with E-state index in [9.17, 15) is 17.6 Å². The number of alkyl halides is 3. The van der Waals surface area contributed by atoms with E-state index >= 15 is 0 Å². The summed E-state index contributed by atoms with van der Waals surface area (Å²) in [6.07, 6.45) is -3.27. The zero-order chi connectivity index (χ0) is 15.6. The molecule has 0 saturated heterocycles. The van der Waals surface area contributed by atoms with E-state index in [1.165, 1.54) is 6.20 Å². The summed E-state index contributed by atoms with van der Waals surface area (Å²) in [6, 6.07) is 4.53. The number of benzene rings is 1. The molecule has 112 valence electrons. The van der Waals surface area contributed by atoms with E-state index in [-0.39, 0.29) is 5.75 Å². The van der Waals surface area contributed by atoms with Crippen LogP contribution in [0, 0.1) is 12.7 Å². The highest BCUT2D eigenvalue weighted by Gasteiger charge is 2.35. The number of pyridine rings is 1. The Morgan fingerprint density at radius 3 is 2.48 bits per heavy atom. The number of aromatic nitrogens is 1. The second-order valence-electron chi connectivity index (χ2n) is 4.31. The molecule has 0 N–H and O–H groups in total. The topological polar surface area (TPSA) is 22.1 Å². The molecule has 0 aliphatic heterocycles. The molecule has 0 bridgehead atoms. The van der Waals surface area contributed by atoms with Crippen LogP contribution in [0.2, 0.25) is 5.02 Å². The number of ether oxygens (including phenoxy) is 1. The van der Waals surface area contributed by atoms with Crippen LogP contribution in [0.25, 0.3) is 0 Å². The third-order valence-corrected chi connectivity index (χ3v) is 3.18. The first kappa shape index (κ1) is 15.6. The smallest absolute Gasteiger partial charge is 0.416 e. The zero-order valence-electron chi connectivity index (χ0n) is 10.8. The molecule has 2 aromatic rings. The summed E-state index contributed by atoms with van der Waals surface area (Å²) >= 11 is 5.63. The molecule has 0 spiro atoms. The van der Waals surface area contributed by atoms with Crippen molar-refractivity contribution in [2.45, 2.75) is 19.7 Å². The van der Waals surface area contributed by atoms with Gasteiger partial charge in [-0.25, -0.2) is 4.39 Å². The Hall–Kier alpha value is -1.82. The predicted molar refractivity (Wildman–Crippen MR) is 69.7 cm³/mol. The Balaban J connectivity index is 2.30. The van der Waals surface area contributed by atoms with Crippen LogP contribution in [0.5, 0.6) is 5.75 Å². The molecule has 2 nitrogen and oxygen atoms in total. The third kappa shape index (κ3) is 3.64. The lowest BCUT2D eigenvalue weighted by Crippen LogP contribution is -2.12. The lowest BCUT2D eigenvalue weighted by molar-refractivity contribution is -0.138. The van der Waals surface area contributed by atoms with E-state index in [2.05, 4.69) is 4.98 Å². The highest BCUT2D eigenvalue weighted by molar-refractivity contribution is 6.31. The maximum absolute atomic E-state index is 13.4. The molecular weight excluding hydrogens is 310 g/mol. The SMILES string of the molecule is Cc1ccc(OCc2c(C(F)(F)F)ccc(F)c2Cl)cn1. The van der Waals surface area contributed by atoms with E-state index in [4.69, 9.17) is 16.3 Å². The minimum absolute atomic E-state index is 0.272. The number of nitrogens with zero attached hydrogens (tertiary/aromatic N) is 1. The Bertz CT molecular complexity index is 641. The number of rotatable bonds is 3. The van der Waals surface area contributed by atoms with Crippen LogP contribution in [0.4, 0.5) is 17.6 Å². The fraction of sp³-hybridized carbons (Fsp3) is 0.214. The molecule has 2 rings (SSSR count). The Morgan fingerprint density at radius 2 is 1.90 bits per heavy atom. The lowest BCUT2D eigenvalue weighted by Gasteiger charge is -2.15. The maximum atomic E-state index is 13.4. The van der Waals surface area contributed by atoms with Gasteiger partial charge in [0.1, 0.15) is 18.2 Å². The van der Waals surface area contributed by atoms with Crippen molar-refractivity contribution in [3.63, 3.8) is 0 Å². The van der Waals surface area contributed by atoms with Gasteiger partial charge in [0.05, 0.1) is 16.8 Å². The minimum Gasteiger partial charge on any atom is -0.487 e. The fourth-order valence-electron chi connectivity index (χ4n) is 1.69. The van der Waals surface area contributed by atoms with E-state index in [0.29, 0.717) is 12.1 Å². The Morgan fingerprint density at radius 1 is 1.19 bits per heavy atom. The number of aryl methyl sites for hydroxylation is 1. The van der Waals surface area contributed by atoms with Crippen molar-refractivity contribution < 1.29 is 22.3 Å². The summed E-state index contributed by atoms with van der Waals surface area (Å²) in [6.45, 7) is 1.26. The Kier molecular flexibility index (Phi) is 4.37.